The normalized spacial score (nSPS) is 13.4. The predicted molar refractivity (Wildman–Crippen MR) is 99.7 cm³/mol. The van der Waals surface area contributed by atoms with Crippen molar-refractivity contribution in [2.75, 3.05) is 26.1 Å². The van der Waals surface area contributed by atoms with Crippen molar-refractivity contribution in [1.29, 1.82) is 0 Å². The number of hydrogen-bond acceptors (Lipinski definition) is 7. The van der Waals surface area contributed by atoms with Crippen LogP contribution in [0.2, 0.25) is 0 Å². The number of rotatable bonds is 10. The van der Waals surface area contributed by atoms with Gasteiger partial charge in [0.05, 0.1) is 14.2 Å². The smallest absolute Gasteiger partial charge is 0.326 e. The summed E-state index contributed by atoms with van der Waals surface area (Å²) in [5, 5.41) is 0. The molecule has 0 bridgehead atoms. The maximum absolute atomic E-state index is 12.1. The van der Waals surface area contributed by atoms with Crippen LogP contribution in [0, 0.1) is 0 Å². The van der Waals surface area contributed by atoms with Gasteiger partial charge < -0.3 is 18.6 Å². The van der Waals surface area contributed by atoms with E-state index in [9.17, 15) is 13.7 Å². The van der Waals surface area contributed by atoms with E-state index in [1.807, 2.05) is 0 Å². The van der Waals surface area contributed by atoms with Crippen LogP contribution >= 0.6 is 8.25 Å². The zero-order valence-electron chi connectivity index (χ0n) is 14.2. The van der Waals surface area contributed by atoms with Gasteiger partial charge in [-0.05, 0) is 48.5 Å². The molecule has 0 aliphatic heterocycles. The molecule has 0 radical (unpaired) electrons. The van der Waals surface area contributed by atoms with E-state index in [1.54, 1.807) is 48.5 Å². The lowest BCUT2D eigenvalue weighted by atomic mass is 10.3. The van der Waals surface area contributed by atoms with Gasteiger partial charge in [0.15, 0.2) is 9.79 Å². The second kappa shape index (κ2) is 10.8. The molecule has 0 saturated carbocycles. The van der Waals surface area contributed by atoms with Gasteiger partial charge in [0.25, 0.3) is 0 Å². The zero-order valence-corrected chi connectivity index (χ0v) is 16.8. The number of hydrogen-bond donors (Lipinski definition) is 0. The summed E-state index contributed by atoms with van der Waals surface area (Å²) >= 11 is -2.98. The van der Waals surface area contributed by atoms with Crippen LogP contribution in [-0.2, 0) is 36.0 Å². The third kappa shape index (κ3) is 6.51. The van der Waals surface area contributed by atoms with E-state index >= 15 is 0 Å². The molecule has 7 nitrogen and oxygen atoms in total. The van der Waals surface area contributed by atoms with Gasteiger partial charge in [-0.1, -0.05) is 0 Å². The largest absolute Gasteiger partial charge is 0.610 e. The average molecular weight is 418 g/mol. The summed E-state index contributed by atoms with van der Waals surface area (Å²) in [6.45, 7) is 0. The summed E-state index contributed by atoms with van der Waals surface area (Å²) in [7, 11) is 0.168. The molecule has 26 heavy (non-hydrogen) atoms. The van der Waals surface area contributed by atoms with Crippen molar-refractivity contribution in [2.45, 2.75) is 9.79 Å². The first-order valence-corrected chi connectivity index (χ1v) is 11.2. The summed E-state index contributed by atoms with van der Waals surface area (Å²) in [4.78, 5) is 1.03. The van der Waals surface area contributed by atoms with Crippen LogP contribution in [0.15, 0.2) is 58.3 Å². The third-order valence-electron chi connectivity index (χ3n) is 3.21. The van der Waals surface area contributed by atoms with Crippen LogP contribution in [0.3, 0.4) is 0 Å². The van der Waals surface area contributed by atoms with E-state index < -0.39 is 30.6 Å². The van der Waals surface area contributed by atoms with Gasteiger partial charge in [-0.3, -0.25) is 13.6 Å². The second-order valence-electron chi connectivity index (χ2n) is 4.82. The molecule has 2 rings (SSSR count). The van der Waals surface area contributed by atoms with Crippen LogP contribution in [0.5, 0.6) is 11.5 Å². The first kappa shape index (κ1) is 21.1. The van der Waals surface area contributed by atoms with Crippen LogP contribution in [-0.4, -0.2) is 35.2 Å². The molecule has 142 valence electrons. The highest BCUT2D eigenvalue weighted by molar-refractivity contribution is 7.91. The van der Waals surface area contributed by atoms with Gasteiger partial charge in [-0.15, -0.1) is 0 Å². The molecule has 2 aromatic rings. The molecular weight excluding hydrogens is 399 g/mol. The molecule has 2 aromatic carbocycles. The fourth-order valence-electron chi connectivity index (χ4n) is 1.84. The summed E-state index contributed by atoms with van der Waals surface area (Å²) in [6.07, 6.45) is 0. The van der Waals surface area contributed by atoms with Crippen LogP contribution in [0.1, 0.15) is 0 Å². The molecule has 0 unspecified atom stereocenters. The monoisotopic (exact) mass is 418 g/mol. The van der Waals surface area contributed by atoms with Crippen molar-refractivity contribution in [3.8, 4) is 11.5 Å². The van der Waals surface area contributed by atoms with Crippen molar-refractivity contribution in [2.24, 2.45) is 0 Å². The SMILES string of the molecule is COc1ccc([S@+]([O-])CO[PH](=O)OC[S@@+]([O-])c2ccc(OC)cc2)cc1. The van der Waals surface area contributed by atoms with Crippen molar-refractivity contribution < 1.29 is 32.2 Å². The van der Waals surface area contributed by atoms with Crippen molar-refractivity contribution >= 4 is 30.6 Å². The molecule has 0 N–H and O–H groups in total. The lowest BCUT2D eigenvalue weighted by Gasteiger charge is -2.12. The second-order valence-corrected chi connectivity index (χ2v) is 8.69. The molecule has 10 heteroatoms. The fourth-order valence-corrected chi connectivity index (χ4v) is 4.70. The Morgan fingerprint density at radius 2 is 1.12 bits per heavy atom. The van der Waals surface area contributed by atoms with Crippen molar-refractivity contribution in [1.82, 2.24) is 0 Å². The van der Waals surface area contributed by atoms with Crippen LogP contribution < -0.4 is 9.47 Å². The summed E-state index contributed by atoms with van der Waals surface area (Å²) < 4.78 is 55.9. The van der Waals surface area contributed by atoms with Gasteiger partial charge >= 0.3 is 8.25 Å². The first-order valence-electron chi connectivity index (χ1n) is 7.38. The average Bonchev–Trinajstić information content (AvgIpc) is 2.70. The molecule has 0 fully saturated rings. The number of ether oxygens (including phenoxy) is 2. The zero-order chi connectivity index (χ0) is 18.9. The van der Waals surface area contributed by atoms with Gasteiger partial charge in [0.2, 0.25) is 11.9 Å². The van der Waals surface area contributed by atoms with E-state index in [1.165, 1.54) is 14.2 Å². The Morgan fingerprint density at radius 3 is 1.42 bits per heavy atom. The van der Waals surface area contributed by atoms with Crippen LogP contribution in [0.25, 0.3) is 0 Å². The van der Waals surface area contributed by atoms with E-state index in [4.69, 9.17) is 18.5 Å². The Kier molecular flexibility index (Phi) is 8.80. The Bertz CT molecular complexity index is 637. The maximum atomic E-state index is 12.1. The number of benzene rings is 2. The van der Waals surface area contributed by atoms with Gasteiger partial charge in [0.1, 0.15) is 11.5 Å². The summed E-state index contributed by atoms with van der Waals surface area (Å²) in [6, 6.07) is 13.2. The topological polar surface area (TPSA) is 100 Å². The highest BCUT2D eigenvalue weighted by Crippen LogP contribution is 2.28. The molecule has 0 aromatic heterocycles. The molecule has 0 amide bonds. The highest BCUT2D eigenvalue weighted by Gasteiger charge is 2.16. The predicted octanol–water partition coefficient (Wildman–Crippen LogP) is 2.96. The Balaban J connectivity index is 1.75. The third-order valence-corrected chi connectivity index (χ3v) is 6.65. The molecular formula is C16H19O7PS2. The number of methoxy groups -OCH3 is 2. The molecule has 0 saturated heterocycles. The summed E-state index contributed by atoms with van der Waals surface area (Å²) in [5.41, 5.74) is 0. The van der Waals surface area contributed by atoms with E-state index in [0.717, 1.165) is 0 Å². The molecule has 0 heterocycles. The minimum Gasteiger partial charge on any atom is -0.610 e. The van der Waals surface area contributed by atoms with Gasteiger partial charge in [0, 0.05) is 22.4 Å². The maximum Gasteiger partial charge on any atom is 0.326 e. The fraction of sp³-hybridized carbons (Fsp3) is 0.250. The quantitative estimate of drug-likeness (QED) is 0.432. The molecule has 2 atom stereocenters. The van der Waals surface area contributed by atoms with E-state index in [2.05, 4.69) is 0 Å². The minimum atomic E-state index is -2.90. The lowest BCUT2D eigenvalue weighted by molar-refractivity contribution is 0.275. The van der Waals surface area contributed by atoms with Crippen LogP contribution in [0.4, 0.5) is 0 Å². The standard InChI is InChI=1S/C16H19O7PS2/c1-20-13-3-7-15(8-4-13)25(18)11-22-24(17)23-12-26(19)16-9-5-14(21-2)6-10-16/h3-10,24H,11-12H2,1-2H3/t25-,26-/m1/s1. The van der Waals surface area contributed by atoms with Gasteiger partial charge in [-0.25, -0.2) is 0 Å². The molecule has 0 aliphatic rings. The summed E-state index contributed by atoms with van der Waals surface area (Å²) in [5.74, 6) is 0.729. The van der Waals surface area contributed by atoms with Crippen molar-refractivity contribution in [3.05, 3.63) is 48.5 Å². The molecule has 0 aliphatic carbocycles. The minimum absolute atomic E-state index is 0.278. The Hall–Kier alpha value is -1.19. The Labute approximate surface area is 158 Å². The Morgan fingerprint density at radius 1 is 0.769 bits per heavy atom. The van der Waals surface area contributed by atoms with Gasteiger partial charge in [-0.2, -0.15) is 0 Å². The lowest BCUT2D eigenvalue weighted by Crippen LogP contribution is -2.10. The van der Waals surface area contributed by atoms with E-state index in [-0.39, 0.29) is 11.9 Å². The first-order chi connectivity index (χ1) is 12.5. The highest BCUT2D eigenvalue weighted by atomic mass is 32.2. The van der Waals surface area contributed by atoms with E-state index in [0.29, 0.717) is 21.3 Å². The van der Waals surface area contributed by atoms with Crippen molar-refractivity contribution in [3.63, 3.8) is 0 Å². The molecule has 0 spiro atoms.